The Morgan fingerprint density at radius 1 is 1.13 bits per heavy atom. The van der Waals surface area contributed by atoms with E-state index in [1.807, 2.05) is 0 Å². The number of methoxy groups -OCH3 is 2. The summed E-state index contributed by atoms with van der Waals surface area (Å²) in [5, 5.41) is 0. The molecule has 0 aromatic heterocycles. The molecule has 0 atom stereocenters. The van der Waals surface area contributed by atoms with Gasteiger partial charge in [0, 0.05) is 12.0 Å². The van der Waals surface area contributed by atoms with E-state index in [1.54, 1.807) is 18.2 Å². The molecular weight excluding hydrogens is 438 g/mol. The van der Waals surface area contributed by atoms with Crippen molar-refractivity contribution < 1.29 is 36.6 Å². The number of nitrogens with zero attached hydrogens (tertiary/aromatic N) is 1. The van der Waals surface area contributed by atoms with Gasteiger partial charge in [-0.2, -0.15) is 13.2 Å². The van der Waals surface area contributed by atoms with Gasteiger partial charge >= 0.3 is 12.1 Å². The number of aryl methyl sites for hydroxylation is 1. The highest BCUT2D eigenvalue weighted by Crippen LogP contribution is 2.34. The fourth-order valence-electron chi connectivity index (χ4n) is 2.81. The average molecular weight is 459 g/mol. The van der Waals surface area contributed by atoms with Crippen LogP contribution in [0.1, 0.15) is 21.5 Å². The second-order valence-corrected chi connectivity index (χ2v) is 7.55. The van der Waals surface area contributed by atoms with Gasteiger partial charge in [0.25, 0.3) is 5.91 Å². The Morgan fingerprint density at radius 2 is 1.81 bits per heavy atom. The predicted molar refractivity (Wildman–Crippen MR) is 109 cm³/mol. The van der Waals surface area contributed by atoms with Crippen molar-refractivity contribution in [1.29, 1.82) is 0 Å². The van der Waals surface area contributed by atoms with Gasteiger partial charge in [-0.25, -0.2) is 9.18 Å². The molecule has 168 valence electrons. The van der Waals surface area contributed by atoms with Crippen molar-refractivity contribution in [3.63, 3.8) is 0 Å². The van der Waals surface area contributed by atoms with Crippen LogP contribution in [0, 0.1) is 12.7 Å². The van der Waals surface area contributed by atoms with Gasteiger partial charge in [0.2, 0.25) is 0 Å². The number of hydrogen-bond donors (Lipinski definition) is 0. The number of amides is 1. The number of ether oxygens (including phenoxy) is 2. The lowest BCUT2D eigenvalue weighted by Gasteiger charge is -2.25. The first kappa shape index (κ1) is 24.7. The lowest BCUT2D eigenvalue weighted by Crippen LogP contribution is -2.34. The van der Waals surface area contributed by atoms with Crippen molar-refractivity contribution in [1.82, 2.24) is 0 Å². The van der Waals surface area contributed by atoms with E-state index in [1.165, 1.54) is 33.3 Å². The molecular formula is C21H21F4NO4S. The maximum absolute atomic E-state index is 14.8. The normalized spacial score (nSPS) is 11.3. The van der Waals surface area contributed by atoms with Crippen molar-refractivity contribution in [2.24, 2.45) is 0 Å². The third-order valence-electron chi connectivity index (χ3n) is 4.25. The van der Waals surface area contributed by atoms with Crippen molar-refractivity contribution in [2.45, 2.75) is 24.5 Å². The molecule has 0 heterocycles. The maximum Gasteiger partial charge on any atom is 0.398 e. The quantitative estimate of drug-likeness (QED) is 0.324. The number of rotatable bonds is 8. The molecule has 0 aliphatic heterocycles. The van der Waals surface area contributed by atoms with Crippen LogP contribution in [0.5, 0.6) is 0 Å². The molecule has 0 unspecified atom stereocenters. The zero-order valence-electron chi connectivity index (χ0n) is 17.1. The molecule has 5 nitrogen and oxygen atoms in total. The lowest BCUT2D eigenvalue weighted by atomic mass is 10.1. The van der Waals surface area contributed by atoms with Crippen molar-refractivity contribution in [3.8, 4) is 0 Å². The van der Waals surface area contributed by atoms with Crippen LogP contribution < -0.4 is 4.90 Å². The largest absolute Gasteiger partial charge is 0.465 e. The molecule has 10 heteroatoms. The van der Waals surface area contributed by atoms with E-state index in [9.17, 15) is 27.2 Å². The van der Waals surface area contributed by atoms with Gasteiger partial charge in [0.15, 0.2) is 0 Å². The highest BCUT2D eigenvalue weighted by atomic mass is 32.2. The molecule has 0 radical (unpaired) electrons. The zero-order valence-corrected chi connectivity index (χ0v) is 17.9. The van der Waals surface area contributed by atoms with E-state index in [0.717, 1.165) is 11.0 Å². The summed E-state index contributed by atoms with van der Waals surface area (Å²) in [5.41, 5.74) is 0.657. The van der Waals surface area contributed by atoms with Gasteiger partial charge in [0.05, 0.1) is 30.7 Å². The van der Waals surface area contributed by atoms with E-state index in [0.29, 0.717) is 22.9 Å². The zero-order chi connectivity index (χ0) is 23.2. The van der Waals surface area contributed by atoms with Gasteiger partial charge in [-0.05, 0) is 36.2 Å². The van der Waals surface area contributed by atoms with Crippen molar-refractivity contribution in [3.05, 3.63) is 58.9 Å². The average Bonchev–Trinajstić information content (AvgIpc) is 2.71. The van der Waals surface area contributed by atoms with Crippen LogP contribution in [0.3, 0.4) is 0 Å². The van der Waals surface area contributed by atoms with Gasteiger partial charge in [-0.1, -0.05) is 18.2 Å². The minimum absolute atomic E-state index is 0.180. The fourth-order valence-corrected chi connectivity index (χ4v) is 3.61. The Bertz CT molecular complexity index is 949. The third-order valence-corrected chi connectivity index (χ3v) is 5.47. The number of thioether (sulfide) groups is 1. The summed E-state index contributed by atoms with van der Waals surface area (Å²) >= 11 is 0.502. The maximum atomic E-state index is 14.8. The molecule has 31 heavy (non-hydrogen) atoms. The van der Waals surface area contributed by atoms with E-state index in [4.69, 9.17) is 9.47 Å². The summed E-state index contributed by atoms with van der Waals surface area (Å²) in [6.07, 6.45) is -4.41. The molecule has 0 fully saturated rings. The Balaban J connectivity index is 2.50. The topological polar surface area (TPSA) is 55.8 Å². The molecule has 0 N–H and O–H groups in total. The lowest BCUT2D eigenvalue weighted by molar-refractivity contribution is -0.122. The summed E-state index contributed by atoms with van der Waals surface area (Å²) in [4.78, 5) is 26.0. The van der Waals surface area contributed by atoms with E-state index in [2.05, 4.69) is 0 Å². The van der Waals surface area contributed by atoms with Crippen LogP contribution in [-0.4, -0.2) is 44.6 Å². The van der Waals surface area contributed by atoms with Crippen LogP contribution in [0.4, 0.5) is 23.2 Å². The smallest absolute Gasteiger partial charge is 0.398 e. The number of benzene rings is 2. The van der Waals surface area contributed by atoms with Gasteiger partial charge in [-0.3, -0.25) is 4.79 Å². The Kier molecular flexibility index (Phi) is 8.46. The highest BCUT2D eigenvalue weighted by molar-refractivity contribution is 7.99. The summed E-state index contributed by atoms with van der Waals surface area (Å²) in [6.45, 7) is 0.884. The fraction of sp³-hybridized carbons (Fsp3) is 0.333. The first-order valence-electron chi connectivity index (χ1n) is 9.02. The molecule has 0 aliphatic carbocycles. The molecule has 2 aromatic carbocycles. The Morgan fingerprint density at radius 3 is 2.42 bits per heavy atom. The number of alkyl halides is 3. The number of halogens is 4. The first-order valence-corrected chi connectivity index (χ1v) is 10.0. The molecule has 2 rings (SSSR count). The van der Waals surface area contributed by atoms with Gasteiger partial charge in [-0.15, -0.1) is 11.8 Å². The van der Waals surface area contributed by atoms with Crippen molar-refractivity contribution >= 4 is 29.3 Å². The molecule has 2 aromatic rings. The Labute approximate surface area is 181 Å². The number of carbonyl (C=O) groups is 2. The summed E-state index contributed by atoms with van der Waals surface area (Å²) in [6, 6.07) is 8.59. The first-order chi connectivity index (χ1) is 14.6. The summed E-state index contributed by atoms with van der Waals surface area (Å²) in [5.74, 6) is -3.21. The SMILES string of the molecule is COCC(=O)N(Cc1ccccc1C(=O)OC)c1cc(SCC(F)(F)F)c(C)cc1F. The Hall–Kier alpha value is -2.59. The summed E-state index contributed by atoms with van der Waals surface area (Å²) in [7, 11) is 2.49. The molecule has 0 aliphatic rings. The molecule has 0 bridgehead atoms. The van der Waals surface area contributed by atoms with Crippen LogP contribution in [0.2, 0.25) is 0 Å². The standard InChI is InChI=1S/C21H21F4NO4S/c1-13-8-16(22)17(9-18(13)31-12-21(23,24)25)26(19(27)11-29-2)10-14-6-4-5-7-15(14)20(28)30-3/h4-9H,10-12H2,1-3H3. The van der Waals surface area contributed by atoms with E-state index in [-0.39, 0.29) is 22.7 Å². The number of hydrogen-bond acceptors (Lipinski definition) is 5. The number of anilines is 1. The van der Waals surface area contributed by atoms with E-state index >= 15 is 0 Å². The third kappa shape index (κ3) is 6.70. The minimum atomic E-state index is -4.41. The molecule has 0 saturated heterocycles. The highest BCUT2D eigenvalue weighted by Gasteiger charge is 2.29. The van der Waals surface area contributed by atoms with Crippen LogP contribution in [0.15, 0.2) is 41.3 Å². The second-order valence-electron chi connectivity index (χ2n) is 6.53. The number of esters is 1. The van der Waals surface area contributed by atoms with Crippen molar-refractivity contribution in [2.75, 3.05) is 31.5 Å². The van der Waals surface area contributed by atoms with E-state index < -0.39 is 36.2 Å². The van der Waals surface area contributed by atoms with Gasteiger partial charge in [0.1, 0.15) is 12.4 Å². The van der Waals surface area contributed by atoms with Crippen LogP contribution in [0.25, 0.3) is 0 Å². The summed E-state index contributed by atoms with van der Waals surface area (Å²) < 4.78 is 62.4. The monoisotopic (exact) mass is 459 g/mol. The number of carbonyl (C=O) groups excluding carboxylic acids is 2. The minimum Gasteiger partial charge on any atom is -0.465 e. The van der Waals surface area contributed by atoms with Gasteiger partial charge < -0.3 is 14.4 Å². The second kappa shape index (κ2) is 10.6. The predicted octanol–water partition coefficient (Wildman–Crippen LogP) is 4.75. The molecule has 0 saturated carbocycles. The van der Waals surface area contributed by atoms with Crippen LogP contribution >= 0.6 is 11.8 Å². The molecule has 1 amide bonds. The molecule has 0 spiro atoms. The van der Waals surface area contributed by atoms with Crippen LogP contribution in [-0.2, 0) is 20.8 Å².